The second kappa shape index (κ2) is 9.63. The standard InChI is InChI=1S/C20H24Cl2N2O3S/c1-14-10-11-17(13-19(14)22)24(28(3,26)27)15(2)20(25)23-12-6-8-16-7-4-5-9-18(16)21/h4-5,7,9-11,13,15H,6,8,12H2,1-3H3,(H,23,25). The summed E-state index contributed by atoms with van der Waals surface area (Å²) in [6.07, 6.45) is 2.48. The predicted octanol–water partition coefficient (Wildman–Crippen LogP) is 4.21. The first kappa shape index (κ1) is 22.5. The Kier molecular flexibility index (Phi) is 7.75. The number of hydrogen-bond acceptors (Lipinski definition) is 3. The van der Waals surface area contributed by atoms with E-state index in [1.165, 1.54) is 0 Å². The van der Waals surface area contributed by atoms with E-state index in [2.05, 4.69) is 5.32 Å². The third-order valence-electron chi connectivity index (χ3n) is 4.38. The average molecular weight is 443 g/mol. The van der Waals surface area contributed by atoms with E-state index in [-0.39, 0.29) is 5.91 Å². The molecule has 152 valence electrons. The number of rotatable bonds is 8. The highest BCUT2D eigenvalue weighted by Gasteiger charge is 2.29. The smallest absolute Gasteiger partial charge is 0.243 e. The molecule has 1 atom stereocenters. The topological polar surface area (TPSA) is 66.5 Å². The van der Waals surface area contributed by atoms with Crippen LogP contribution in [0.1, 0.15) is 24.5 Å². The fraction of sp³-hybridized carbons (Fsp3) is 0.350. The van der Waals surface area contributed by atoms with Gasteiger partial charge in [-0.3, -0.25) is 9.10 Å². The van der Waals surface area contributed by atoms with Crippen LogP contribution in [0.3, 0.4) is 0 Å². The van der Waals surface area contributed by atoms with E-state index in [1.54, 1.807) is 25.1 Å². The van der Waals surface area contributed by atoms with E-state index in [0.717, 1.165) is 28.1 Å². The van der Waals surface area contributed by atoms with Crippen molar-refractivity contribution in [3.05, 3.63) is 63.6 Å². The Labute approximate surface area is 176 Å². The van der Waals surface area contributed by atoms with Gasteiger partial charge in [0.15, 0.2) is 0 Å². The Morgan fingerprint density at radius 3 is 2.43 bits per heavy atom. The number of carbonyl (C=O) groups excluding carboxylic acids is 1. The monoisotopic (exact) mass is 442 g/mol. The number of anilines is 1. The maximum Gasteiger partial charge on any atom is 0.243 e. The zero-order chi connectivity index (χ0) is 20.9. The van der Waals surface area contributed by atoms with Gasteiger partial charge in [0.1, 0.15) is 6.04 Å². The summed E-state index contributed by atoms with van der Waals surface area (Å²) in [5, 5.41) is 3.94. The first-order valence-corrected chi connectivity index (χ1v) is 11.5. The molecule has 0 aromatic heterocycles. The molecule has 0 spiro atoms. The van der Waals surface area contributed by atoms with Crippen LogP contribution in [0.15, 0.2) is 42.5 Å². The SMILES string of the molecule is Cc1ccc(N(C(C)C(=O)NCCCc2ccccc2Cl)S(C)(=O)=O)cc1Cl. The minimum atomic E-state index is -3.67. The van der Waals surface area contributed by atoms with E-state index in [0.29, 0.717) is 28.7 Å². The molecule has 0 fully saturated rings. The molecule has 8 heteroatoms. The second-order valence-corrected chi connectivity index (χ2v) is 9.33. The maximum atomic E-state index is 12.6. The van der Waals surface area contributed by atoms with Crippen LogP contribution in [0.4, 0.5) is 5.69 Å². The van der Waals surface area contributed by atoms with Crippen LogP contribution in [0.5, 0.6) is 0 Å². The molecule has 0 aliphatic carbocycles. The average Bonchev–Trinajstić information content (AvgIpc) is 2.62. The molecule has 28 heavy (non-hydrogen) atoms. The largest absolute Gasteiger partial charge is 0.354 e. The molecule has 0 bridgehead atoms. The minimum Gasteiger partial charge on any atom is -0.354 e. The summed E-state index contributed by atoms with van der Waals surface area (Å²) < 4.78 is 25.7. The number of nitrogens with zero attached hydrogens (tertiary/aromatic N) is 1. The minimum absolute atomic E-state index is 0.358. The molecule has 0 saturated carbocycles. The number of nitrogens with one attached hydrogen (secondary N) is 1. The van der Waals surface area contributed by atoms with Crippen LogP contribution in [-0.2, 0) is 21.2 Å². The van der Waals surface area contributed by atoms with E-state index in [4.69, 9.17) is 23.2 Å². The van der Waals surface area contributed by atoms with E-state index < -0.39 is 16.1 Å². The van der Waals surface area contributed by atoms with E-state index in [1.807, 2.05) is 31.2 Å². The summed E-state index contributed by atoms with van der Waals surface area (Å²) >= 11 is 12.3. The summed E-state index contributed by atoms with van der Waals surface area (Å²) in [6.45, 7) is 3.80. The quantitative estimate of drug-likeness (QED) is 0.622. The molecule has 2 aromatic carbocycles. The Morgan fingerprint density at radius 2 is 1.82 bits per heavy atom. The highest BCUT2D eigenvalue weighted by molar-refractivity contribution is 7.92. The molecular weight excluding hydrogens is 419 g/mol. The lowest BCUT2D eigenvalue weighted by atomic mass is 10.1. The van der Waals surface area contributed by atoms with Gasteiger partial charge in [0.05, 0.1) is 11.9 Å². The van der Waals surface area contributed by atoms with Crippen molar-refractivity contribution in [3.8, 4) is 0 Å². The molecule has 0 saturated heterocycles. The lowest BCUT2D eigenvalue weighted by molar-refractivity contribution is -0.121. The van der Waals surface area contributed by atoms with Crippen LogP contribution in [0.25, 0.3) is 0 Å². The first-order chi connectivity index (χ1) is 13.1. The normalized spacial score (nSPS) is 12.5. The molecule has 0 radical (unpaired) electrons. The third kappa shape index (κ3) is 5.87. The Bertz CT molecular complexity index is 948. The van der Waals surface area contributed by atoms with Gasteiger partial charge >= 0.3 is 0 Å². The number of halogens is 2. The van der Waals surface area contributed by atoms with Gasteiger partial charge in [-0.25, -0.2) is 8.42 Å². The van der Waals surface area contributed by atoms with Gasteiger partial charge in [-0.1, -0.05) is 47.5 Å². The molecule has 1 unspecified atom stereocenters. The van der Waals surface area contributed by atoms with Gasteiger partial charge in [-0.05, 0) is 56.0 Å². The van der Waals surface area contributed by atoms with Crippen LogP contribution < -0.4 is 9.62 Å². The van der Waals surface area contributed by atoms with Gasteiger partial charge < -0.3 is 5.32 Å². The lowest BCUT2D eigenvalue weighted by Gasteiger charge is -2.28. The van der Waals surface area contributed by atoms with E-state index in [9.17, 15) is 13.2 Å². The van der Waals surface area contributed by atoms with Crippen molar-refractivity contribution in [1.82, 2.24) is 5.32 Å². The molecule has 1 amide bonds. The van der Waals surface area contributed by atoms with Crippen molar-refractivity contribution in [3.63, 3.8) is 0 Å². The number of hydrogen-bond donors (Lipinski definition) is 1. The molecular formula is C20H24Cl2N2O3S. The molecule has 2 aromatic rings. The van der Waals surface area contributed by atoms with E-state index >= 15 is 0 Å². The summed E-state index contributed by atoms with van der Waals surface area (Å²) in [5.41, 5.74) is 2.20. The Balaban J connectivity index is 2.03. The third-order valence-corrected chi connectivity index (χ3v) is 6.40. The van der Waals surface area contributed by atoms with Crippen molar-refractivity contribution in [1.29, 1.82) is 0 Å². The zero-order valence-corrected chi connectivity index (χ0v) is 18.4. The number of aryl methyl sites for hydroxylation is 2. The van der Waals surface area contributed by atoms with Crippen molar-refractivity contribution < 1.29 is 13.2 Å². The van der Waals surface area contributed by atoms with Crippen molar-refractivity contribution >= 4 is 44.8 Å². The zero-order valence-electron chi connectivity index (χ0n) is 16.1. The number of carbonyl (C=O) groups is 1. The van der Waals surface area contributed by atoms with Crippen LogP contribution >= 0.6 is 23.2 Å². The second-order valence-electron chi connectivity index (χ2n) is 6.65. The van der Waals surface area contributed by atoms with Crippen LogP contribution in [0.2, 0.25) is 10.0 Å². The summed E-state index contributed by atoms with van der Waals surface area (Å²) in [7, 11) is -3.67. The lowest BCUT2D eigenvalue weighted by Crippen LogP contribution is -2.48. The van der Waals surface area contributed by atoms with Gasteiger partial charge in [0.25, 0.3) is 0 Å². The predicted molar refractivity (Wildman–Crippen MR) is 116 cm³/mol. The molecule has 1 N–H and O–H groups in total. The number of amides is 1. The maximum absolute atomic E-state index is 12.6. The van der Waals surface area contributed by atoms with Gasteiger partial charge in [-0.15, -0.1) is 0 Å². The van der Waals surface area contributed by atoms with Gasteiger partial charge in [-0.2, -0.15) is 0 Å². The number of sulfonamides is 1. The van der Waals surface area contributed by atoms with Crippen molar-refractivity contribution in [2.45, 2.75) is 32.7 Å². The highest BCUT2D eigenvalue weighted by atomic mass is 35.5. The highest BCUT2D eigenvalue weighted by Crippen LogP contribution is 2.26. The van der Waals surface area contributed by atoms with Crippen molar-refractivity contribution in [2.75, 3.05) is 17.1 Å². The van der Waals surface area contributed by atoms with Gasteiger partial charge in [0.2, 0.25) is 15.9 Å². The molecule has 2 rings (SSSR count). The van der Waals surface area contributed by atoms with Crippen LogP contribution in [0, 0.1) is 6.92 Å². The molecule has 5 nitrogen and oxygen atoms in total. The molecule has 0 aliphatic rings. The summed E-state index contributed by atoms with van der Waals surface area (Å²) in [5.74, 6) is -0.374. The summed E-state index contributed by atoms with van der Waals surface area (Å²) in [4.78, 5) is 12.6. The Morgan fingerprint density at radius 1 is 1.14 bits per heavy atom. The fourth-order valence-corrected chi connectivity index (χ4v) is 4.44. The first-order valence-electron chi connectivity index (χ1n) is 8.88. The van der Waals surface area contributed by atoms with Crippen LogP contribution in [-0.4, -0.2) is 33.2 Å². The molecule has 0 aliphatic heterocycles. The molecule has 0 heterocycles. The fourth-order valence-electron chi connectivity index (χ4n) is 2.87. The van der Waals surface area contributed by atoms with Gasteiger partial charge in [0, 0.05) is 16.6 Å². The summed E-state index contributed by atoms with van der Waals surface area (Å²) in [6, 6.07) is 11.6. The Hall–Kier alpha value is -1.76. The van der Waals surface area contributed by atoms with Crippen molar-refractivity contribution in [2.24, 2.45) is 0 Å². The number of benzene rings is 2.